The highest BCUT2D eigenvalue weighted by atomic mass is 16.8. The van der Waals surface area contributed by atoms with Gasteiger partial charge in [0.15, 0.2) is 6.10 Å². The average molecular weight is 200 g/mol. The summed E-state index contributed by atoms with van der Waals surface area (Å²) >= 11 is 0. The third-order valence-corrected chi connectivity index (χ3v) is 2.74. The SMILES string of the molecule is CCCC[C@@H](CC)[C@@H]1OC(=O)[C@@H](C)O1. The first kappa shape index (κ1) is 11.5. The molecule has 82 valence electrons. The first-order valence-corrected chi connectivity index (χ1v) is 5.55. The number of rotatable bonds is 5. The van der Waals surface area contributed by atoms with Crippen LogP contribution in [-0.2, 0) is 14.3 Å². The maximum atomic E-state index is 11.1. The minimum absolute atomic E-state index is 0.218. The van der Waals surface area contributed by atoms with Gasteiger partial charge in [0.05, 0.1) is 0 Å². The molecule has 0 bridgehead atoms. The van der Waals surface area contributed by atoms with E-state index in [-0.39, 0.29) is 18.4 Å². The van der Waals surface area contributed by atoms with Gasteiger partial charge in [-0.1, -0.05) is 26.7 Å². The molecule has 3 nitrogen and oxygen atoms in total. The monoisotopic (exact) mass is 200 g/mol. The van der Waals surface area contributed by atoms with Crippen LogP contribution in [0.2, 0.25) is 0 Å². The van der Waals surface area contributed by atoms with Gasteiger partial charge in [0.1, 0.15) is 0 Å². The lowest BCUT2D eigenvalue weighted by molar-refractivity contribution is -0.148. The maximum absolute atomic E-state index is 11.1. The van der Waals surface area contributed by atoms with Crippen LogP contribution >= 0.6 is 0 Å². The van der Waals surface area contributed by atoms with Crippen molar-refractivity contribution in [1.29, 1.82) is 0 Å². The van der Waals surface area contributed by atoms with Crippen molar-refractivity contribution in [3.8, 4) is 0 Å². The predicted octanol–water partition coefficient (Wildman–Crippen LogP) is 2.49. The van der Waals surface area contributed by atoms with Gasteiger partial charge in [0.25, 0.3) is 0 Å². The van der Waals surface area contributed by atoms with E-state index in [1.54, 1.807) is 6.92 Å². The van der Waals surface area contributed by atoms with E-state index in [4.69, 9.17) is 9.47 Å². The molecule has 1 aliphatic rings. The summed E-state index contributed by atoms with van der Waals surface area (Å²) in [4.78, 5) is 11.1. The van der Waals surface area contributed by atoms with E-state index in [0.29, 0.717) is 5.92 Å². The quantitative estimate of drug-likeness (QED) is 0.640. The molecule has 14 heavy (non-hydrogen) atoms. The fourth-order valence-electron chi connectivity index (χ4n) is 1.70. The van der Waals surface area contributed by atoms with Crippen LogP contribution in [0.4, 0.5) is 0 Å². The Morgan fingerprint density at radius 3 is 2.57 bits per heavy atom. The highest BCUT2D eigenvalue weighted by Gasteiger charge is 2.35. The zero-order valence-corrected chi connectivity index (χ0v) is 9.29. The predicted molar refractivity (Wildman–Crippen MR) is 53.7 cm³/mol. The smallest absolute Gasteiger partial charge is 0.337 e. The zero-order valence-electron chi connectivity index (χ0n) is 9.29. The second kappa shape index (κ2) is 5.35. The van der Waals surface area contributed by atoms with Gasteiger partial charge in [-0.15, -0.1) is 0 Å². The second-order valence-electron chi connectivity index (χ2n) is 3.89. The lowest BCUT2D eigenvalue weighted by atomic mass is 9.99. The molecule has 3 heteroatoms. The molecular formula is C11H20O3. The summed E-state index contributed by atoms with van der Waals surface area (Å²) < 4.78 is 10.6. The van der Waals surface area contributed by atoms with E-state index in [1.165, 1.54) is 12.8 Å². The number of cyclic esters (lactones) is 1. The molecule has 3 atom stereocenters. The molecule has 1 saturated heterocycles. The Bertz CT molecular complexity index is 191. The number of unbranched alkanes of at least 4 members (excludes halogenated alkanes) is 1. The molecular weight excluding hydrogens is 180 g/mol. The van der Waals surface area contributed by atoms with Gasteiger partial charge < -0.3 is 9.47 Å². The van der Waals surface area contributed by atoms with Crippen molar-refractivity contribution in [3.05, 3.63) is 0 Å². The number of hydrogen-bond acceptors (Lipinski definition) is 3. The van der Waals surface area contributed by atoms with Crippen molar-refractivity contribution in [2.75, 3.05) is 0 Å². The van der Waals surface area contributed by atoms with Crippen LogP contribution in [0.5, 0.6) is 0 Å². The molecule has 0 saturated carbocycles. The lowest BCUT2D eigenvalue weighted by Gasteiger charge is -2.19. The van der Waals surface area contributed by atoms with Crippen molar-refractivity contribution in [3.63, 3.8) is 0 Å². The molecule has 0 aromatic carbocycles. The van der Waals surface area contributed by atoms with Crippen LogP contribution in [0.1, 0.15) is 46.5 Å². The summed E-state index contributed by atoms with van der Waals surface area (Å²) in [5.41, 5.74) is 0. The van der Waals surface area contributed by atoms with E-state index in [9.17, 15) is 4.79 Å². The molecule has 0 amide bonds. The minimum atomic E-state index is -0.379. The number of hydrogen-bond donors (Lipinski definition) is 0. The summed E-state index contributed by atoms with van der Waals surface area (Å²) in [7, 11) is 0. The second-order valence-corrected chi connectivity index (χ2v) is 3.89. The Balaban J connectivity index is 2.41. The van der Waals surface area contributed by atoms with Gasteiger partial charge in [-0.05, 0) is 19.8 Å². The number of carbonyl (C=O) groups excluding carboxylic acids is 1. The van der Waals surface area contributed by atoms with E-state index in [0.717, 1.165) is 12.8 Å². The molecule has 1 rings (SSSR count). The van der Waals surface area contributed by atoms with Crippen molar-refractivity contribution in [1.82, 2.24) is 0 Å². The maximum Gasteiger partial charge on any atom is 0.337 e. The van der Waals surface area contributed by atoms with Gasteiger partial charge >= 0.3 is 5.97 Å². The van der Waals surface area contributed by atoms with E-state index in [1.807, 2.05) is 0 Å². The van der Waals surface area contributed by atoms with E-state index < -0.39 is 0 Å². The third-order valence-electron chi connectivity index (χ3n) is 2.74. The lowest BCUT2D eigenvalue weighted by Crippen LogP contribution is -2.21. The molecule has 0 unspecified atom stereocenters. The zero-order chi connectivity index (χ0) is 10.6. The summed E-state index contributed by atoms with van der Waals surface area (Å²) in [6.07, 6.45) is 3.75. The topological polar surface area (TPSA) is 35.5 Å². The molecule has 0 aromatic rings. The Kier molecular flexibility index (Phi) is 4.39. The molecule has 0 radical (unpaired) electrons. The van der Waals surface area contributed by atoms with Crippen molar-refractivity contribution in [2.24, 2.45) is 5.92 Å². The summed E-state index contributed by atoms with van der Waals surface area (Å²) in [5.74, 6) is 0.147. The summed E-state index contributed by atoms with van der Waals surface area (Å²) in [5, 5.41) is 0. The van der Waals surface area contributed by atoms with Crippen LogP contribution in [-0.4, -0.2) is 18.4 Å². The van der Waals surface area contributed by atoms with Crippen LogP contribution in [0.15, 0.2) is 0 Å². The fourth-order valence-corrected chi connectivity index (χ4v) is 1.70. The van der Waals surface area contributed by atoms with Gasteiger partial charge in [-0.2, -0.15) is 0 Å². The Morgan fingerprint density at radius 1 is 1.43 bits per heavy atom. The van der Waals surface area contributed by atoms with Gasteiger partial charge in [-0.25, -0.2) is 4.79 Å². The Morgan fingerprint density at radius 2 is 2.14 bits per heavy atom. The highest BCUT2D eigenvalue weighted by Crippen LogP contribution is 2.26. The number of carbonyl (C=O) groups is 1. The van der Waals surface area contributed by atoms with E-state index >= 15 is 0 Å². The first-order chi connectivity index (χ1) is 6.69. The molecule has 1 heterocycles. The largest absolute Gasteiger partial charge is 0.434 e. The fraction of sp³-hybridized carbons (Fsp3) is 0.909. The molecule has 0 aromatic heterocycles. The molecule has 0 N–H and O–H groups in total. The average Bonchev–Trinajstić information content (AvgIpc) is 2.48. The normalized spacial score (nSPS) is 28.9. The molecule has 0 aliphatic carbocycles. The number of ether oxygens (including phenoxy) is 2. The summed E-state index contributed by atoms with van der Waals surface area (Å²) in [6, 6.07) is 0. The van der Waals surface area contributed by atoms with Crippen molar-refractivity contribution < 1.29 is 14.3 Å². The van der Waals surface area contributed by atoms with Gasteiger partial charge in [0, 0.05) is 5.92 Å². The highest BCUT2D eigenvalue weighted by molar-refractivity contribution is 5.75. The third kappa shape index (κ3) is 2.71. The van der Waals surface area contributed by atoms with Crippen molar-refractivity contribution in [2.45, 2.75) is 58.8 Å². The van der Waals surface area contributed by atoms with E-state index in [2.05, 4.69) is 13.8 Å². The Hall–Kier alpha value is -0.570. The standard InChI is InChI=1S/C11H20O3/c1-4-6-7-9(5-2)11-13-8(3)10(12)14-11/h8-9,11H,4-7H2,1-3H3/t8-,9-,11+/m1/s1. The first-order valence-electron chi connectivity index (χ1n) is 5.55. The Labute approximate surface area is 85.8 Å². The molecule has 0 spiro atoms. The van der Waals surface area contributed by atoms with Crippen LogP contribution in [0, 0.1) is 5.92 Å². The van der Waals surface area contributed by atoms with Crippen LogP contribution in [0.3, 0.4) is 0 Å². The van der Waals surface area contributed by atoms with Gasteiger partial charge in [-0.3, -0.25) is 0 Å². The van der Waals surface area contributed by atoms with Crippen molar-refractivity contribution >= 4 is 5.97 Å². The van der Waals surface area contributed by atoms with Crippen LogP contribution in [0.25, 0.3) is 0 Å². The minimum Gasteiger partial charge on any atom is -0.434 e. The molecule has 1 aliphatic heterocycles. The number of esters is 1. The van der Waals surface area contributed by atoms with Crippen LogP contribution < -0.4 is 0 Å². The molecule has 1 fully saturated rings. The van der Waals surface area contributed by atoms with Gasteiger partial charge in [0.2, 0.25) is 6.29 Å². The summed E-state index contributed by atoms with van der Waals surface area (Å²) in [6.45, 7) is 6.02.